The molecular weight excluding hydrogens is 242 g/mol. The summed E-state index contributed by atoms with van der Waals surface area (Å²) in [5.74, 6) is 0. The molecule has 1 aromatic heterocycles. The van der Waals surface area contributed by atoms with Gasteiger partial charge in [0, 0.05) is 10.0 Å². The molecule has 0 saturated heterocycles. The molecule has 72 valence electrons. The van der Waals surface area contributed by atoms with Gasteiger partial charge >= 0.3 is 0 Å². The number of halogens is 1. The number of furan rings is 1. The average Bonchev–Trinajstić information content (AvgIpc) is 2.71. The second kappa shape index (κ2) is 3.98. The molecule has 1 atom stereocenters. The second-order valence-corrected chi connectivity index (χ2v) is 4.00. The molecule has 2 nitrogen and oxygen atoms in total. The van der Waals surface area contributed by atoms with E-state index in [1.807, 2.05) is 30.3 Å². The Morgan fingerprint density at radius 2 is 1.79 bits per heavy atom. The van der Waals surface area contributed by atoms with Crippen LogP contribution in [0.3, 0.4) is 0 Å². The van der Waals surface area contributed by atoms with Gasteiger partial charge in [0.1, 0.15) is 0 Å². The Morgan fingerprint density at radius 3 is 2.36 bits per heavy atom. The first-order chi connectivity index (χ1) is 6.77. The average molecular weight is 252 g/mol. The van der Waals surface area contributed by atoms with Crippen molar-refractivity contribution in [1.29, 1.82) is 0 Å². The summed E-state index contributed by atoms with van der Waals surface area (Å²) < 4.78 is 6.05. The molecule has 0 radical (unpaired) electrons. The Bertz CT molecular complexity index is 394. The highest BCUT2D eigenvalue weighted by molar-refractivity contribution is 9.10. The van der Waals surface area contributed by atoms with E-state index in [2.05, 4.69) is 15.9 Å². The summed E-state index contributed by atoms with van der Waals surface area (Å²) in [7, 11) is 0. The lowest BCUT2D eigenvalue weighted by atomic mass is 10.0. The molecule has 0 aliphatic carbocycles. The molecule has 2 aromatic rings. The van der Waals surface area contributed by atoms with Crippen molar-refractivity contribution < 1.29 is 4.42 Å². The van der Waals surface area contributed by atoms with E-state index in [1.54, 1.807) is 12.5 Å². The van der Waals surface area contributed by atoms with Crippen LogP contribution in [0.1, 0.15) is 17.2 Å². The maximum atomic E-state index is 6.04. The summed E-state index contributed by atoms with van der Waals surface area (Å²) in [6.45, 7) is 0. The van der Waals surface area contributed by atoms with Crippen LogP contribution < -0.4 is 5.73 Å². The van der Waals surface area contributed by atoms with E-state index in [1.165, 1.54) is 0 Å². The molecule has 2 N–H and O–H groups in total. The first-order valence-electron chi connectivity index (χ1n) is 4.30. The lowest BCUT2D eigenvalue weighted by Gasteiger charge is -2.09. The van der Waals surface area contributed by atoms with Crippen molar-refractivity contribution in [2.75, 3.05) is 0 Å². The predicted octanol–water partition coefficient (Wildman–Crippen LogP) is 3.09. The van der Waals surface area contributed by atoms with Crippen molar-refractivity contribution in [3.8, 4) is 0 Å². The molecule has 0 aliphatic heterocycles. The van der Waals surface area contributed by atoms with E-state index in [-0.39, 0.29) is 6.04 Å². The van der Waals surface area contributed by atoms with E-state index in [4.69, 9.17) is 10.2 Å². The first-order valence-corrected chi connectivity index (χ1v) is 5.10. The predicted molar refractivity (Wildman–Crippen MR) is 58.9 cm³/mol. The monoisotopic (exact) mass is 251 g/mol. The van der Waals surface area contributed by atoms with E-state index >= 15 is 0 Å². The van der Waals surface area contributed by atoms with Gasteiger partial charge in [-0.2, -0.15) is 0 Å². The van der Waals surface area contributed by atoms with Gasteiger partial charge in [0.2, 0.25) is 0 Å². The van der Waals surface area contributed by atoms with Crippen molar-refractivity contribution in [1.82, 2.24) is 0 Å². The van der Waals surface area contributed by atoms with Gasteiger partial charge in [0.25, 0.3) is 0 Å². The molecule has 0 amide bonds. The minimum atomic E-state index is -0.109. The summed E-state index contributed by atoms with van der Waals surface area (Å²) in [6, 6.07) is 9.74. The van der Waals surface area contributed by atoms with Crippen LogP contribution in [0.5, 0.6) is 0 Å². The Kier molecular flexibility index (Phi) is 2.70. The van der Waals surface area contributed by atoms with Gasteiger partial charge in [-0.3, -0.25) is 0 Å². The van der Waals surface area contributed by atoms with Crippen LogP contribution in [-0.2, 0) is 0 Å². The summed E-state index contributed by atoms with van der Waals surface area (Å²) in [4.78, 5) is 0. The van der Waals surface area contributed by atoms with E-state index in [0.29, 0.717) is 0 Å². The fourth-order valence-electron chi connectivity index (χ4n) is 1.31. The summed E-state index contributed by atoms with van der Waals surface area (Å²) in [5.41, 5.74) is 8.11. The Labute approximate surface area is 90.9 Å². The van der Waals surface area contributed by atoms with Crippen LogP contribution in [0, 0.1) is 0 Å². The van der Waals surface area contributed by atoms with Crippen molar-refractivity contribution in [3.63, 3.8) is 0 Å². The van der Waals surface area contributed by atoms with Crippen LogP contribution in [-0.4, -0.2) is 0 Å². The highest BCUT2D eigenvalue weighted by Crippen LogP contribution is 2.21. The van der Waals surface area contributed by atoms with Gasteiger partial charge in [-0.15, -0.1) is 0 Å². The number of nitrogens with two attached hydrogens (primary N) is 1. The molecule has 14 heavy (non-hydrogen) atoms. The molecule has 0 aliphatic rings. The zero-order valence-electron chi connectivity index (χ0n) is 7.48. The minimum Gasteiger partial charge on any atom is -0.472 e. The number of benzene rings is 1. The third kappa shape index (κ3) is 1.89. The second-order valence-electron chi connectivity index (χ2n) is 3.09. The molecule has 1 unspecified atom stereocenters. The molecule has 0 saturated carbocycles. The highest BCUT2D eigenvalue weighted by Gasteiger charge is 2.09. The Morgan fingerprint density at radius 1 is 1.07 bits per heavy atom. The maximum absolute atomic E-state index is 6.04. The number of hydrogen-bond acceptors (Lipinski definition) is 2. The Hall–Kier alpha value is -1.06. The molecule has 3 heteroatoms. The van der Waals surface area contributed by atoms with Gasteiger partial charge in [0.15, 0.2) is 0 Å². The fourth-order valence-corrected chi connectivity index (χ4v) is 1.58. The molecular formula is C11H10BrNO. The molecule has 0 fully saturated rings. The van der Waals surface area contributed by atoms with Gasteiger partial charge < -0.3 is 10.2 Å². The van der Waals surface area contributed by atoms with Crippen molar-refractivity contribution in [3.05, 3.63) is 58.5 Å². The van der Waals surface area contributed by atoms with Crippen LogP contribution in [0.4, 0.5) is 0 Å². The largest absolute Gasteiger partial charge is 0.472 e. The van der Waals surface area contributed by atoms with E-state index in [9.17, 15) is 0 Å². The van der Waals surface area contributed by atoms with Gasteiger partial charge in [-0.05, 0) is 23.8 Å². The normalized spacial score (nSPS) is 12.7. The van der Waals surface area contributed by atoms with Crippen molar-refractivity contribution in [2.24, 2.45) is 5.73 Å². The third-order valence-electron chi connectivity index (χ3n) is 2.13. The molecule has 0 spiro atoms. The molecule has 1 aromatic carbocycles. The standard InChI is InChI=1S/C11H10BrNO/c12-10-3-1-8(2-4-10)11(13)9-5-6-14-7-9/h1-7,11H,13H2. The summed E-state index contributed by atoms with van der Waals surface area (Å²) >= 11 is 3.38. The minimum absolute atomic E-state index is 0.109. The quantitative estimate of drug-likeness (QED) is 0.891. The molecule has 0 bridgehead atoms. The topological polar surface area (TPSA) is 39.2 Å². The third-order valence-corrected chi connectivity index (χ3v) is 2.66. The van der Waals surface area contributed by atoms with Crippen LogP contribution in [0.25, 0.3) is 0 Å². The molecule has 2 rings (SSSR count). The number of rotatable bonds is 2. The lowest BCUT2D eigenvalue weighted by Crippen LogP contribution is -2.10. The zero-order valence-corrected chi connectivity index (χ0v) is 9.07. The van der Waals surface area contributed by atoms with Crippen LogP contribution in [0.2, 0.25) is 0 Å². The Balaban J connectivity index is 2.28. The van der Waals surface area contributed by atoms with Gasteiger partial charge in [-0.25, -0.2) is 0 Å². The number of hydrogen-bond donors (Lipinski definition) is 1. The fraction of sp³-hybridized carbons (Fsp3) is 0.0909. The van der Waals surface area contributed by atoms with Crippen LogP contribution in [0.15, 0.2) is 51.7 Å². The zero-order chi connectivity index (χ0) is 9.97. The van der Waals surface area contributed by atoms with Crippen molar-refractivity contribution in [2.45, 2.75) is 6.04 Å². The SMILES string of the molecule is NC(c1ccc(Br)cc1)c1ccoc1. The van der Waals surface area contributed by atoms with Gasteiger partial charge in [0.05, 0.1) is 18.6 Å². The summed E-state index contributed by atoms with van der Waals surface area (Å²) in [5, 5.41) is 0. The van der Waals surface area contributed by atoms with Crippen molar-refractivity contribution >= 4 is 15.9 Å². The highest BCUT2D eigenvalue weighted by atomic mass is 79.9. The first kappa shape index (κ1) is 9.49. The van der Waals surface area contributed by atoms with Crippen LogP contribution >= 0.6 is 15.9 Å². The maximum Gasteiger partial charge on any atom is 0.0953 e. The lowest BCUT2D eigenvalue weighted by molar-refractivity contribution is 0.562. The van der Waals surface area contributed by atoms with Gasteiger partial charge in [-0.1, -0.05) is 28.1 Å². The van der Waals surface area contributed by atoms with E-state index < -0.39 is 0 Å². The smallest absolute Gasteiger partial charge is 0.0953 e. The molecule has 1 heterocycles. The van der Waals surface area contributed by atoms with E-state index in [0.717, 1.165) is 15.6 Å². The summed E-state index contributed by atoms with van der Waals surface area (Å²) in [6.07, 6.45) is 3.31.